The molecule has 0 spiro atoms. The highest BCUT2D eigenvalue weighted by Crippen LogP contribution is 2.31. The molecule has 0 unspecified atom stereocenters. The van der Waals surface area contributed by atoms with Crippen molar-refractivity contribution in [2.45, 2.75) is 20.3 Å². The van der Waals surface area contributed by atoms with E-state index in [1.54, 1.807) is 0 Å². The molecule has 0 N–H and O–H groups in total. The smallest absolute Gasteiger partial charge is 0.338 e. The fraction of sp³-hybridized carbons (Fsp3) is 0.200. The highest BCUT2D eigenvalue weighted by Gasteiger charge is 2.26. The van der Waals surface area contributed by atoms with Crippen LogP contribution in [0.2, 0.25) is 0 Å². The molecule has 1 aliphatic rings. The molecule has 0 amide bonds. The molecule has 0 saturated heterocycles. The van der Waals surface area contributed by atoms with Gasteiger partial charge in [0.15, 0.2) is 5.78 Å². The Kier molecular flexibility index (Phi) is 3.87. The van der Waals surface area contributed by atoms with Gasteiger partial charge in [0.25, 0.3) is 0 Å². The average Bonchev–Trinajstić information content (AvgIpc) is 2.85. The zero-order valence-electron chi connectivity index (χ0n) is 13.5. The van der Waals surface area contributed by atoms with E-state index < -0.39 is 0 Å². The molecular formula is C20H18O3. The van der Waals surface area contributed by atoms with Gasteiger partial charge in [0.1, 0.15) is 0 Å². The molecule has 2 aromatic carbocycles. The van der Waals surface area contributed by atoms with Gasteiger partial charge in [-0.3, -0.25) is 4.79 Å². The van der Waals surface area contributed by atoms with Crippen molar-refractivity contribution in [3.05, 3.63) is 75.4 Å². The highest BCUT2D eigenvalue weighted by molar-refractivity contribution is 6.16. The van der Waals surface area contributed by atoms with Crippen LogP contribution in [-0.4, -0.2) is 18.9 Å². The van der Waals surface area contributed by atoms with Crippen molar-refractivity contribution in [1.29, 1.82) is 0 Å². The first-order valence-electron chi connectivity index (χ1n) is 7.54. The van der Waals surface area contributed by atoms with Crippen molar-refractivity contribution >= 4 is 17.8 Å². The topological polar surface area (TPSA) is 43.4 Å². The Morgan fingerprint density at radius 3 is 2.48 bits per heavy atom. The minimum Gasteiger partial charge on any atom is -0.465 e. The van der Waals surface area contributed by atoms with E-state index >= 15 is 0 Å². The van der Waals surface area contributed by atoms with Crippen LogP contribution in [0, 0.1) is 13.8 Å². The fourth-order valence-corrected chi connectivity index (χ4v) is 3.09. The number of allylic oxidation sites excluding steroid dienone is 1. The van der Waals surface area contributed by atoms with E-state index in [1.165, 1.54) is 7.11 Å². The summed E-state index contributed by atoms with van der Waals surface area (Å²) in [6.07, 6.45) is 2.43. The summed E-state index contributed by atoms with van der Waals surface area (Å²) < 4.78 is 4.88. The maximum Gasteiger partial charge on any atom is 0.338 e. The molecule has 3 rings (SSSR count). The van der Waals surface area contributed by atoms with Crippen molar-refractivity contribution < 1.29 is 14.3 Å². The van der Waals surface area contributed by atoms with Gasteiger partial charge in [-0.05, 0) is 42.2 Å². The first-order valence-corrected chi connectivity index (χ1v) is 7.54. The number of hydrogen-bond donors (Lipinski definition) is 0. The number of carbonyl (C=O) groups is 2. The molecule has 0 bridgehead atoms. The second kappa shape index (κ2) is 5.84. The molecule has 2 aromatic rings. The number of aryl methyl sites for hydroxylation is 2. The summed E-state index contributed by atoms with van der Waals surface area (Å²) in [7, 11) is 1.37. The van der Waals surface area contributed by atoms with Crippen LogP contribution in [0.3, 0.4) is 0 Å². The molecule has 0 heterocycles. The Balaban J connectivity index is 2.08. The number of carbonyl (C=O) groups excluding carboxylic acids is 2. The summed E-state index contributed by atoms with van der Waals surface area (Å²) in [6.45, 7) is 3.88. The van der Waals surface area contributed by atoms with Crippen LogP contribution in [0.4, 0.5) is 0 Å². The number of fused-ring (bicyclic) bond motifs is 1. The predicted molar refractivity (Wildman–Crippen MR) is 89.7 cm³/mol. The summed E-state index contributed by atoms with van der Waals surface area (Å²) in [5.74, 6) is -0.338. The van der Waals surface area contributed by atoms with Gasteiger partial charge in [0.2, 0.25) is 0 Å². The molecule has 1 aliphatic carbocycles. The molecule has 0 aromatic heterocycles. The molecule has 0 atom stereocenters. The summed E-state index contributed by atoms with van der Waals surface area (Å²) in [5, 5.41) is 0. The second-order valence-corrected chi connectivity index (χ2v) is 5.81. The van der Waals surface area contributed by atoms with Gasteiger partial charge in [-0.1, -0.05) is 36.4 Å². The number of rotatable bonds is 2. The summed E-state index contributed by atoms with van der Waals surface area (Å²) >= 11 is 0. The quantitative estimate of drug-likeness (QED) is 0.624. The van der Waals surface area contributed by atoms with Gasteiger partial charge >= 0.3 is 5.97 Å². The lowest BCUT2D eigenvalue weighted by atomic mass is 9.99. The highest BCUT2D eigenvalue weighted by atomic mass is 16.5. The van der Waals surface area contributed by atoms with Crippen molar-refractivity contribution in [1.82, 2.24) is 0 Å². The van der Waals surface area contributed by atoms with E-state index in [1.807, 2.05) is 56.3 Å². The van der Waals surface area contributed by atoms with Gasteiger partial charge in [-0.25, -0.2) is 4.79 Å². The minimum atomic E-state index is -0.380. The zero-order valence-corrected chi connectivity index (χ0v) is 13.5. The Hall–Kier alpha value is -2.68. The summed E-state index contributed by atoms with van der Waals surface area (Å²) in [4.78, 5) is 24.7. The van der Waals surface area contributed by atoms with Crippen molar-refractivity contribution in [3.8, 4) is 0 Å². The first kappa shape index (κ1) is 15.2. The second-order valence-electron chi connectivity index (χ2n) is 5.81. The SMILES string of the molecule is COC(=O)c1c(C)cccc1/C=C1/Cc2c(C)cccc2C1=O. The molecule has 0 aliphatic heterocycles. The lowest BCUT2D eigenvalue weighted by molar-refractivity contribution is 0.0599. The van der Waals surface area contributed by atoms with E-state index in [4.69, 9.17) is 4.74 Å². The van der Waals surface area contributed by atoms with Gasteiger partial charge < -0.3 is 4.74 Å². The maximum atomic E-state index is 12.6. The maximum absolute atomic E-state index is 12.6. The molecule has 3 heteroatoms. The molecule has 116 valence electrons. The third kappa shape index (κ3) is 2.59. The third-order valence-electron chi connectivity index (χ3n) is 4.34. The molecule has 0 radical (unpaired) electrons. The van der Waals surface area contributed by atoms with Crippen LogP contribution in [-0.2, 0) is 11.2 Å². The standard InChI is InChI=1S/C20H18O3/c1-12-6-5-9-16-17(12)11-15(19(16)21)10-14-8-4-7-13(2)18(14)20(22)23-3/h4-10H,11H2,1-3H3/b15-10-. The molecule has 3 nitrogen and oxygen atoms in total. The van der Waals surface area contributed by atoms with Gasteiger partial charge in [-0.2, -0.15) is 0 Å². The Morgan fingerprint density at radius 2 is 1.78 bits per heavy atom. The summed E-state index contributed by atoms with van der Waals surface area (Å²) in [5.41, 5.74) is 5.76. The van der Waals surface area contributed by atoms with E-state index in [-0.39, 0.29) is 11.8 Å². The number of benzene rings is 2. The number of ketones is 1. The van der Waals surface area contributed by atoms with Gasteiger partial charge in [0.05, 0.1) is 12.7 Å². The number of esters is 1. The van der Waals surface area contributed by atoms with Crippen LogP contribution in [0.15, 0.2) is 42.0 Å². The van der Waals surface area contributed by atoms with Gasteiger partial charge in [0, 0.05) is 17.6 Å². The van der Waals surface area contributed by atoms with Crippen molar-refractivity contribution in [3.63, 3.8) is 0 Å². The van der Waals surface area contributed by atoms with Crippen LogP contribution < -0.4 is 0 Å². The monoisotopic (exact) mass is 306 g/mol. The Morgan fingerprint density at radius 1 is 1.09 bits per heavy atom. The van der Waals surface area contributed by atoms with Crippen LogP contribution in [0.5, 0.6) is 0 Å². The van der Waals surface area contributed by atoms with E-state index in [0.29, 0.717) is 17.6 Å². The minimum absolute atomic E-state index is 0.0426. The number of hydrogen-bond acceptors (Lipinski definition) is 3. The number of methoxy groups -OCH3 is 1. The lowest BCUT2D eigenvalue weighted by Gasteiger charge is -2.08. The molecule has 0 fully saturated rings. The number of Topliss-reactive ketones (excluding diaryl/α,β-unsaturated/α-hetero) is 1. The number of ether oxygens (including phenoxy) is 1. The average molecular weight is 306 g/mol. The van der Waals surface area contributed by atoms with Crippen LogP contribution in [0.25, 0.3) is 6.08 Å². The third-order valence-corrected chi connectivity index (χ3v) is 4.34. The van der Waals surface area contributed by atoms with E-state index in [2.05, 4.69) is 0 Å². The Bertz CT molecular complexity index is 844. The zero-order chi connectivity index (χ0) is 16.6. The van der Waals surface area contributed by atoms with Gasteiger partial charge in [-0.15, -0.1) is 0 Å². The first-order chi connectivity index (χ1) is 11.0. The normalized spacial score (nSPS) is 14.9. The van der Waals surface area contributed by atoms with E-state index in [0.717, 1.165) is 27.8 Å². The molecule has 0 saturated carbocycles. The van der Waals surface area contributed by atoms with Crippen molar-refractivity contribution in [2.75, 3.05) is 7.11 Å². The predicted octanol–water partition coefficient (Wildman–Crippen LogP) is 3.91. The Labute approximate surface area is 135 Å². The molecule has 23 heavy (non-hydrogen) atoms. The van der Waals surface area contributed by atoms with Crippen LogP contribution >= 0.6 is 0 Å². The molecular weight excluding hydrogens is 288 g/mol. The van der Waals surface area contributed by atoms with E-state index in [9.17, 15) is 9.59 Å². The largest absolute Gasteiger partial charge is 0.465 e. The van der Waals surface area contributed by atoms with Crippen molar-refractivity contribution in [2.24, 2.45) is 0 Å². The summed E-state index contributed by atoms with van der Waals surface area (Å²) in [6, 6.07) is 11.4. The lowest BCUT2D eigenvalue weighted by Crippen LogP contribution is -2.07. The fourth-order valence-electron chi connectivity index (χ4n) is 3.09. The van der Waals surface area contributed by atoms with Crippen LogP contribution in [0.1, 0.15) is 43.0 Å².